The highest BCUT2D eigenvalue weighted by molar-refractivity contribution is 7.99. The van der Waals surface area contributed by atoms with Gasteiger partial charge < -0.3 is 4.90 Å². The first kappa shape index (κ1) is 14.9. The number of hydrogen-bond acceptors (Lipinski definition) is 3. The van der Waals surface area contributed by atoms with E-state index in [0.29, 0.717) is 13.0 Å². The third-order valence-corrected chi connectivity index (χ3v) is 4.06. The summed E-state index contributed by atoms with van der Waals surface area (Å²) in [6, 6.07) is 7.65. The van der Waals surface area contributed by atoms with Crippen molar-refractivity contribution in [2.75, 3.05) is 12.8 Å². The molecule has 6 heteroatoms. The number of halogens is 1. The number of benzene rings is 1. The Morgan fingerprint density at radius 1 is 1.40 bits per heavy atom. The van der Waals surface area contributed by atoms with Crippen molar-refractivity contribution in [1.29, 1.82) is 0 Å². The van der Waals surface area contributed by atoms with E-state index in [9.17, 15) is 4.79 Å². The summed E-state index contributed by atoms with van der Waals surface area (Å²) in [7, 11) is 1.81. The maximum absolute atomic E-state index is 12.0. The molecule has 0 aliphatic rings. The highest BCUT2D eigenvalue weighted by Gasteiger charge is 2.09. The zero-order chi connectivity index (χ0) is 14.4. The van der Waals surface area contributed by atoms with E-state index in [-0.39, 0.29) is 5.91 Å². The van der Waals surface area contributed by atoms with Crippen LogP contribution in [-0.2, 0) is 11.3 Å². The molecule has 0 saturated carbocycles. The highest BCUT2D eigenvalue weighted by atomic mass is 35.5. The number of carbonyl (C=O) groups is 1. The number of aromatic amines is 1. The van der Waals surface area contributed by atoms with Gasteiger partial charge in [-0.1, -0.05) is 11.6 Å². The fourth-order valence-electron chi connectivity index (χ4n) is 1.70. The van der Waals surface area contributed by atoms with Crippen molar-refractivity contribution in [2.45, 2.75) is 17.9 Å². The van der Waals surface area contributed by atoms with Gasteiger partial charge in [-0.05, 0) is 24.3 Å². The molecule has 0 aliphatic carbocycles. The summed E-state index contributed by atoms with van der Waals surface area (Å²) < 4.78 is 0. The van der Waals surface area contributed by atoms with Crippen LogP contribution >= 0.6 is 23.4 Å². The van der Waals surface area contributed by atoms with E-state index in [4.69, 9.17) is 11.6 Å². The molecule has 1 aromatic carbocycles. The Hall–Kier alpha value is -1.46. The van der Waals surface area contributed by atoms with Crippen LogP contribution in [0.15, 0.2) is 41.6 Å². The van der Waals surface area contributed by atoms with E-state index in [1.807, 2.05) is 31.3 Å². The average Bonchev–Trinajstić information content (AvgIpc) is 2.93. The second-order valence-electron chi connectivity index (χ2n) is 4.41. The second-order valence-corrected chi connectivity index (χ2v) is 6.01. The SMILES string of the molecule is CN(Cc1cn[nH]c1)C(=O)CCSc1ccc(Cl)cc1. The smallest absolute Gasteiger partial charge is 0.223 e. The fourth-order valence-corrected chi connectivity index (χ4v) is 2.67. The van der Waals surface area contributed by atoms with Crippen LogP contribution in [-0.4, -0.2) is 33.8 Å². The summed E-state index contributed by atoms with van der Waals surface area (Å²) in [5, 5.41) is 7.33. The lowest BCUT2D eigenvalue weighted by Crippen LogP contribution is -2.26. The van der Waals surface area contributed by atoms with Crippen molar-refractivity contribution >= 4 is 29.3 Å². The minimum atomic E-state index is 0.132. The second kappa shape index (κ2) is 7.36. The minimum absolute atomic E-state index is 0.132. The minimum Gasteiger partial charge on any atom is -0.341 e. The Morgan fingerprint density at radius 3 is 2.80 bits per heavy atom. The van der Waals surface area contributed by atoms with E-state index < -0.39 is 0 Å². The Morgan fingerprint density at radius 2 is 2.15 bits per heavy atom. The van der Waals surface area contributed by atoms with Gasteiger partial charge in [0.2, 0.25) is 5.91 Å². The maximum atomic E-state index is 12.0. The molecule has 0 aliphatic heterocycles. The Balaban J connectivity index is 1.73. The molecule has 1 amide bonds. The number of carbonyl (C=O) groups excluding carboxylic acids is 1. The zero-order valence-corrected chi connectivity index (χ0v) is 12.7. The van der Waals surface area contributed by atoms with Gasteiger partial charge in [0.05, 0.1) is 6.20 Å². The Labute approximate surface area is 127 Å². The normalized spacial score (nSPS) is 10.5. The predicted octanol–water partition coefficient (Wildman–Crippen LogP) is 3.20. The molecule has 0 spiro atoms. The van der Waals surface area contributed by atoms with Crippen LogP contribution < -0.4 is 0 Å². The number of nitrogens with zero attached hydrogens (tertiary/aromatic N) is 2. The maximum Gasteiger partial charge on any atom is 0.223 e. The number of H-pyrrole nitrogens is 1. The van der Waals surface area contributed by atoms with Crippen LogP contribution in [0.1, 0.15) is 12.0 Å². The fraction of sp³-hybridized carbons (Fsp3) is 0.286. The molecule has 20 heavy (non-hydrogen) atoms. The van der Waals surface area contributed by atoms with E-state index in [0.717, 1.165) is 21.2 Å². The summed E-state index contributed by atoms with van der Waals surface area (Å²) in [6.07, 6.45) is 4.04. The molecule has 0 fully saturated rings. The lowest BCUT2D eigenvalue weighted by atomic mass is 10.3. The lowest BCUT2D eigenvalue weighted by molar-refractivity contribution is -0.129. The van der Waals surface area contributed by atoms with Crippen molar-refractivity contribution in [1.82, 2.24) is 15.1 Å². The van der Waals surface area contributed by atoms with Crippen molar-refractivity contribution < 1.29 is 4.79 Å². The van der Waals surface area contributed by atoms with Gasteiger partial charge in [0.1, 0.15) is 0 Å². The molecule has 4 nitrogen and oxygen atoms in total. The largest absolute Gasteiger partial charge is 0.341 e. The monoisotopic (exact) mass is 309 g/mol. The van der Waals surface area contributed by atoms with Crippen molar-refractivity contribution in [3.05, 3.63) is 47.2 Å². The topological polar surface area (TPSA) is 49.0 Å². The molecule has 2 aromatic rings. The summed E-state index contributed by atoms with van der Waals surface area (Å²) >= 11 is 7.49. The van der Waals surface area contributed by atoms with E-state index >= 15 is 0 Å². The molecular weight excluding hydrogens is 294 g/mol. The number of aromatic nitrogens is 2. The Bertz CT molecular complexity index is 542. The zero-order valence-electron chi connectivity index (χ0n) is 11.2. The first-order valence-corrected chi connectivity index (χ1v) is 7.61. The lowest BCUT2D eigenvalue weighted by Gasteiger charge is -2.15. The van der Waals surface area contributed by atoms with Crippen LogP contribution in [0.25, 0.3) is 0 Å². The third kappa shape index (κ3) is 4.58. The number of amides is 1. The molecule has 0 saturated heterocycles. The third-order valence-electron chi connectivity index (χ3n) is 2.80. The summed E-state index contributed by atoms with van der Waals surface area (Å²) in [4.78, 5) is 14.8. The van der Waals surface area contributed by atoms with Gasteiger partial charge in [-0.3, -0.25) is 9.89 Å². The van der Waals surface area contributed by atoms with Gasteiger partial charge in [-0.15, -0.1) is 11.8 Å². The van der Waals surface area contributed by atoms with Crippen LogP contribution in [0.3, 0.4) is 0 Å². The molecule has 0 atom stereocenters. The quantitative estimate of drug-likeness (QED) is 0.834. The standard InChI is InChI=1S/C14H16ClN3OS/c1-18(10-11-8-16-17-9-11)14(19)6-7-20-13-4-2-12(15)3-5-13/h2-5,8-9H,6-7,10H2,1H3,(H,16,17). The number of nitrogens with one attached hydrogen (secondary N) is 1. The van der Waals surface area contributed by atoms with E-state index in [1.165, 1.54) is 0 Å². The van der Waals surface area contributed by atoms with Gasteiger partial charge in [0.25, 0.3) is 0 Å². The van der Waals surface area contributed by atoms with Crippen molar-refractivity contribution in [3.63, 3.8) is 0 Å². The average molecular weight is 310 g/mol. The van der Waals surface area contributed by atoms with Crippen LogP contribution in [0.5, 0.6) is 0 Å². The summed E-state index contributed by atoms with van der Waals surface area (Å²) in [5.41, 5.74) is 1.01. The number of rotatable bonds is 6. The predicted molar refractivity (Wildman–Crippen MR) is 81.9 cm³/mol. The molecule has 1 aromatic heterocycles. The first-order valence-electron chi connectivity index (χ1n) is 6.25. The van der Waals surface area contributed by atoms with Gasteiger partial charge in [-0.25, -0.2) is 0 Å². The first-order chi connectivity index (χ1) is 9.65. The molecular formula is C14H16ClN3OS. The number of hydrogen-bond donors (Lipinski definition) is 1. The molecule has 0 unspecified atom stereocenters. The van der Waals surface area contributed by atoms with Crippen LogP contribution in [0, 0.1) is 0 Å². The Kier molecular flexibility index (Phi) is 5.49. The van der Waals surface area contributed by atoms with Gasteiger partial charge in [-0.2, -0.15) is 5.10 Å². The van der Waals surface area contributed by atoms with Crippen molar-refractivity contribution in [3.8, 4) is 0 Å². The molecule has 1 N–H and O–H groups in total. The highest BCUT2D eigenvalue weighted by Crippen LogP contribution is 2.21. The summed E-state index contributed by atoms with van der Waals surface area (Å²) in [6.45, 7) is 0.584. The van der Waals surface area contributed by atoms with E-state index in [1.54, 1.807) is 29.1 Å². The van der Waals surface area contributed by atoms with Gasteiger partial charge in [0, 0.05) is 47.4 Å². The molecule has 0 bridgehead atoms. The van der Waals surface area contributed by atoms with Crippen molar-refractivity contribution in [2.24, 2.45) is 0 Å². The molecule has 1 heterocycles. The summed E-state index contributed by atoms with van der Waals surface area (Å²) in [5.74, 6) is 0.892. The van der Waals surface area contributed by atoms with Crippen LogP contribution in [0.2, 0.25) is 5.02 Å². The molecule has 0 radical (unpaired) electrons. The van der Waals surface area contributed by atoms with Gasteiger partial charge in [0.15, 0.2) is 0 Å². The van der Waals surface area contributed by atoms with E-state index in [2.05, 4.69) is 10.2 Å². The number of thioether (sulfide) groups is 1. The molecule has 106 valence electrons. The van der Waals surface area contributed by atoms with Crippen LogP contribution in [0.4, 0.5) is 0 Å². The molecule has 2 rings (SSSR count). The van der Waals surface area contributed by atoms with Gasteiger partial charge >= 0.3 is 0 Å².